The van der Waals surface area contributed by atoms with Gasteiger partial charge in [-0.05, 0) is 50.3 Å². The summed E-state index contributed by atoms with van der Waals surface area (Å²) >= 11 is 0. The summed E-state index contributed by atoms with van der Waals surface area (Å²) in [6.45, 7) is 5.39. The number of carboxylic acid groups (broad SMARTS) is 1. The van der Waals surface area contributed by atoms with Crippen molar-refractivity contribution in [2.75, 3.05) is 0 Å². The van der Waals surface area contributed by atoms with Gasteiger partial charge in [-0.25, -0.2) is 4.79 Å². The van der Waals surface area contributed by atoms with Crippen LogP contribution in [0.5, 0.6) is 0 Å². The fourth-order valence-corrected chi connectivity index (χ4v) is 2.86. The molecule has 2 aromatic rings. The molecule has 0 bridgehead atoms. The Morgan fingerprint density at radius 3 is 2.30 bits per heavy atom. The zero-order valence-electron chi connectivity index (χ0n) is 16.1. The molecule has 0 aliphatic heterocycles. The van der Waals surface area contributed by atoms with Gasteiger partial charge in [0.2, 0.25) is 0 Å². The average molecular weight is 369 g/mol. The van der Waals surface area contributed by atoms with Crippen molar-refractivity contribution in [1.82, 2.24) is 5.32 Å². The SMILES string of the molecule is CC(C)(C)OC(=O)N[C@@H](CCC(=O)O)Cc1ccccc1-c1ccccc1. The van der Waals surface area contributed by atoms with Crippen LogP contribution in [-0.4, -0.2) is 28.8 Å². The first kappa shape index (κ1) is 20.5. The normalized spacial score (nSPS) is 12.3. The molecule has 1 amide bonds. The highest BCUT2D eigenvalue weighted by molar-refractivity contribution is 5.70. The molecule has 1 atom stereocenters. The molecule has 0 aliphatic carbocycles. The van der Waals surface area contributed by atoms with E-state index in [2.05, 4.69) is 5.32 Å². The predicted octanol–water partition coefficient (Wildman–Crippen LogP) is 4.65. The molecule has 2 N–H and O–H groups in total. The number of hydrogen-bond acceptors (Lipinski definition) is 3. The van der Waals surface area contributed by atoms with Crippen LogP contribution in [0, 0.1) is 0 Å². The second-order valence-corrected chi connectivity index (χ2v) is 7.50. The fraction of sp³-hybridized carbons (Fsp3) is 0.364. The van der Waals surface area contributed by atoms with Crippen molar-refractivity contribution in [3.63, 3.8) is 0 Å². The van der Waals surface area contributed by atoms with Gasteiger partial charge in [-0.15, -0.1) is 0 Å². The van der Waals surface area contributed by atoms with Crippen molar-refractivity contribution in [3.05, 3.63) is 60.2 Å². The summed E-state index contributed by atoms with van der Waals surface area (Å²) in [5, 5.41) is 11.9. The summed E-state index contributed by atoms with van der Waals surface area (Å²) in [4.78, 5) is 23.2. The maximum atomic E-state index is 12.2. The van der Waals surface area contributed by atoms with Crippen LogP contribution >= 0.6 is 0 Å². The third-order valence-corrected chi connectivity index (χ3v) is 4.00. The minimum Gasteiger partial charge on any atom is -0.481 e. The number of nitrogens with one attached hydrogen (secondary N) is 1. The third kappa shape index (κ3) is 7.13. The summed E-state index contributed by atoms with van der Waals surface area (Å²) < 4.78 is 5.33. The number of carboxylic acids is 1. The third-order valence-electron chi connectivity index (χ3n) is 4.00. The molecule has 0 unspecified atom stereocenters. The van der Waals surface area contributed by atoms with E-state index in [-0.39, 0.29) is 12.5 Å². The maximum absolute atomic E-state index is 12.2. The molecule has 0 radical (unpaired) electrons. The first-order chi connectivity index (χ1) is 12.7. The summed E-state index contributed by atoms with van der Waals surface area (Å²) in [5.74, 6) is -0.887. The quantitative estimate of drug-likeness (QED) is 0.745. The lowest BCUT2D eigenvalue weighted by molar-refractivity contribution is -0.137. The lowest BCUT2D eigenvalue weighted by Gasteiger charge is -2.24. The Labute approximate surface area is 160 Å². The van der Waals surface area contributed by atoms with E-state index in [0.717, 1.165) is 16.7 Å². The van der Waals surface area contributed by atoms with E-state index >= 15 is 0 Å². The minimum absolute atomic E-state index is 0.0199. The Kier molecular flexibility index (Phi) is 6.99. The van der Waals surface area contributed by atoms with Crippen LogP contribution in [-0.2, 0) is 16.0 Å². The molecule has 2 aromatic carbocycles. The summed E-state index contributed by atoms with van der Waals surface area (Å²) in [7, 11) is 0. The lowest BCUT2D eigenvalue weighted by atomic mass is 9.93. The molecule has 0 saturated carbocycles. The molecule has 0 heterocycles. The molecule has 144 valence electrons. The molecule has 0 saturated heterocycles. The van der Waals surface area contributed by atoms with Gasteiger partial charge in [0.25, 0.3) is 0 Å². The number of amides is 1. The molecular weight excluding hydrogens is 342 g/mol. The second kappa shape index (κ2) is 9.21. The van der Waals surface area contributed by atoms with Gasteiger partial charge in [-0.1, -0.05) is 54.6 Å². The largest absolute Gasteiger partial charge is 0.481 e. The van der Waals surface area contributed by atoms with Crippen LogP contribution in [0.1, 0.15) is 39.2 Å². The molecule has 27 heavy (non-hydrogen) atoms. The first-order valence-corrected chi connectivity index (χ1v) is 9.09. The van der Waals surface area contributed by atoms with Crippen molar-refractivity contribution in [1.29, 1.82) is 0 Å². The molecule has 0 fully saturated rings. The van der Waals surface area contributed by atoms with Gasteiger partial charge >= 0.3 is 12.1 Å². The van der Waals surface area contributed by atoms with Gasteiger partial charge in [0, 0.05) is 12.5 Å². The van der Waals surface area contributed by atoms with Gasteiger partial charge in [0.05, 0.1) is 0 Å². The van der Waals surface area contributed by atoms with Crippen LogP contribution in [0.2, 0.25) is 0 Å². The standard InChI is InChI=1S/C22H27NO4/c1-22(2,3)27-21(26)23-18(13-14-20(24)25)15-17-11-7-8-12-19(17)16-9-5-4-6-10-16/h4-12,18H,13-15H2,1-3H3,(H,23,26)(H,24,25)/t18-/m0/s1. The Morgan fingerprint density at radius 2 is 1.67 bits per heavy atom. The number of carbonyl (C=O) groups is 2. The Hall–Kier alpha value is -2.82. The number of alkyl carbamates (subject to hydrolysis) is 1. The molecule has 0 aliphatic rings. The lowest BCUT2D eigenvalue weighted by Crippen LogP contribution is -2.40. The molecular formula is C22H27NO4. The number of carbonyl (C=O) groups excluding carboxylic acids is 1. The van der Waals surface area contributed by atoms with E-state index in [4.69, 9.17) is 9.84 Å². The van der Waals surface area contributed by atoms with E-state index < -0.39 is 17.7 Å². The molecule has 5 nitrogen and oxygen atoms in total. The monoisotopic (exact) mass is 369 g/mol. The maximum Gasteiger partial charge on any atom is 0.407 e. The summed E-state index contributed by atoms with van der Waals surface area (Å²) in [6, 6.07) is 17.6. The van der Waals surface area contributed by atoms with Crippen LogP contribution in [0.15, 0.2) is 54.6 Å². The highest BCUT2D eigenvalue weighted by atomic mass is 16.6. The molecule has 2 rings (SSSR count). The van der Waals surface area contributed by atoms with E-state index in [9.17, 15) is 9.59 Å². The van der Waals surface area contributed by atoms with Crippen molar-refractivity contribution >= 4 is 12.1 Å². The van der Waals surface area contributed by atoms with Crippen molar-refractivity contribution < 1.29 is 19.4 Å². The smallest absolute Gasteiger partial charge is 0.407 e. The minimum atomic E-state index is -0.887. The second-order valence-electron chi connectivity index (χ2n) is 7.50. The summed E-state index contributed by atoms with van der Waals surface area (Å²) in [5.41, 5.74) is 2.60. The molecule has 5 heteroatoms. The van der Waals surface area contributed by atoms with Gasteiger partial charge < -0.3 is 15.2 Å². The Morgan fingerprint density at radius 1 is 1.04 bits per heavy atom. The van der Waals surface area contributed by atoms with E-state index in [1.165, 1.54) is 0 Å². The Balaban J connectivity index is 2.20. The Bertz CT molecular complexity index is 765. The van der Waals surface area contributed by atoms with Crippen molar-refractivity contribution in [2.24, 2.45) is 0 Å². The fourth-order valence-electron chi connectivity index (χ4n) is 2.86. The first-order valence-electron chi connectivity index (χ1n) is 9.09. The van der Waals surface area contributed by atoms with Crippen LogP contribution in [0.25, 0.3) is 11.1 Å². The number of ether oxygens (including phenoxy) is 1. The average Bonchev–Trinajstić information content (AvgIpc) is 2.59. The van der Waals surface area contributed by atoms with Crippen molar-refractivity contribution in [2.45, 2.75) is 51.7 Å². The van der Waals surface area contributed by atoms with E-state index in [1.54, 1.807) is 20.8 Å². The highest BCUT2D eigenvalue weighted by Crippen LogP contribution is 2.25. The van der Waals surface area contributed by atoms with Crippen LogP contribution in [0.4, 0.5) is 4.79 Å². The number of aliphatic carboxylic acids is 1. The summed E-state index contributed by atoms with van der Waals surface area (Å²) in [6.07, 6.45) is 0.304. The zero-order chi connectivity index (χ0) is 19.9. The van der Waals surface area contributed by atoms with Crippen molar-refractivity contribution in [3.8, 4) is 11.1 Å². The number of benzene rings is 2. The topological polar surface area (TPSA) is 75.6 Å². The van der Waals surface area contributed by atoms with Gasteiger partial charge in [-0.2, -0.15) is 0 Å². The number of hydrogen-bond donors (Lipinski definition) is 2. The van der Waals surface area contributed by atoms with Crippen LogP contribution < -0.4 is 5.32 Å². The predicted molar refractivity (Wildman–Crippen MR) is 106 cm³/mol. The van der Waals surface area contributed by atoms with E-state index in [1.807, 2.05) is 54.6 Å². The number of rotatable bonds is 7. The highest BCUT2D eigenvalue weighted by Gasteiger charge is 2.21. The van der Waals surface area contributed by atoms with Gasteiger partial charge in [0.1, 0.15) is 5.60 Å². The van der Waals surface area contributed by atoms with E-state index in [0.29, 0.717) is 12.8 Å². The van der Waals surface area contributed by atoms with Crippen LogP contribution in [0.3, 0.4) is 0 Å². The molecule has 0 spiro atoms. The van der Waals surface area contributed by atoms with Gasteiger partial charge in [-0.3, -0.25) is 4.79 Å². The molecule has 0 aromatic heterocycles. The zero-order valence-corrected chi connectivity index (χ0v) is 16.1. The van der Waals surface area contributed by atoms with Gasteiger partial charge in [0.15, 0.2) is 0 Å².